The van der Waals surface area contributed by atoms with Crippen LogP contribution in [-0.4, -0.2) is 16.6 Å². The molecule has 0 unspecified atom stereocenters. The topological polar surface area (TPSA) is 72.6 Å². The quantitative estimate of drug-likeness (QED) is 0.656. The number of nitro benzene ring substituents is 1. The van der Waals surface area contributed by atoms with E-state index in [-0.39, 0.29) is 12.3 Å². The van der Waals surface area contributed by atoms with Gasteiger partial charge in [0.05, 0.1) is 18.1 Å². The summed E-state index contributed by atoms with van der Waals surface area (Å²) in [5.41, 5.74) is 1.37. The number of aliphatic hydroxyl groups excluding tert-OH is 1. The standard InChI is InChI=1S/C15H14FNO4/c16-13-7-12(10-18)8-15(9-13)21-6-5-11-1-3-14(4-2-11)17(19)20/h1-4,7-9,18H,5-6,10H2. The molecule has 2 aromatic carbocycles. The van der Waals surface area contributed by atoms with E-state index in [2.05, 4.69) is 0 Å². The van der Waals surface area contributed by atoms with Gasteiger partial charge in [-0.05, 0) is 23.3 Å². The minimum absolute atomic E-state index is 0.0392. The van der Waals surface area contributed by atoms with Crippen molar-refractivity contribution in [2.24, 2.45) is 0 Å². The van der Waals surface area contributed by atoms with Crippen LogP contribution in [0, 0.1) is 15.9 Å². The number of benzene rings is 2. The average molecular weight is 291 g/mol. The van der Waals surface area contributed by atoms with Crippen LogP contribution >= 0.6 is 0 Å². The van der Waals surface area contributed by atoms with Gasteiger partial charge in [-0.3, -0.25) is 10.1 Å². The van der Waals surface area contributed by atoms with Crippen LogP contribution in [0.4, 0.5) is 10.1 Å². The molecule has 0 radical (unpaired) electrons. The summed E-state index contributed by atoms with van der Waals surface area (Å²) in [7, 11) is 0. The molecule has 110 valence electrons. The van der Waals surface area contributed by atoms with Crippen LogP contribution in [-0.2, 0) is 13.0 Å². The van der Waals surface area contributed by atoms with Gasteiger partial charge < -0.3 is 9.84 Å². The van der Waals surface area contributed by atoms with Crippen LogP contribution in [0.1, 0.15) is 11.1 Å². The lowest BCUT2D eigenvalue weighted by molar-refractivity contribution is -0.384. The molecule has 0 heterocycles. The van der Waals surface area contributed by atoms with Crippen LogP contribution in [0.3, 0.4) is 0 Å². The Morgan fingerprint density at radius 3 is 2.48 bits per heavy atom. The highest BCUT2D eigenvalue weighted by molar-refractivity contribution is 5.33. The van der Waals surface area contributed by atoms with E-state index in [0.29, 0.717) is 24.3 Å². The molecule has 0 amide bonds. The van der Waals surface area contributed by atoms with Crippen molar-refractivity contribution < 1.29 is 19.2 Å². The normalized spacial score (nSPS) is 10.4. The van der Waals surface area contributed by atoms with E-state index < -0.39 is 10.7 Å². The number of non-ortho nitro benzene ring substituents is 1. The fraction of sp³-hybridized carbons (Fsp3) is 0.200. The van der Waals surface area contributed by atoms with E-state index in [9.17, 15) is 14.5 Å². The van der Waals surface area contributed by atoms with Gasteiger partial charge in [-0.1, -0.05) is 12.1 Å². The first-order valence-corrected chi connectivity index (χ1v) is 6.35. The fourth-order valence-electron chi connectivity index (χ4n) is 1.87. The molecule has 0 fully saturated rings. The van der Waals surface area contributed by atoms with Gasteiger partial charge in [0, 0.05) is 24.6 Å². The summed E-state index contributed by atoms with van der Waals surface area (Å²) in [5, 5.41) is 19.5. The fourth-order valence-corrected chi connectivity index (χ4v) is 1.87. The van der Waals surface area contributed by atoms with Gasteiger partial charge in [0.1, 0.15) is 11.6 Å². The largest absolute Gasteiger partial charge is 0.493 e. The minimum Gasteiger partial charge on any atom is -0.493 e. The molecular weight excluding hydrogens is 277 g/mol. The second-order valence-corrected chi connectivity index (χ2v) is 4.48. The monoisotopic (exact) mass is 291 g/mol. The number of nitrogens with zero attached hydrogens (tertiary/aromatic N) is 1. The van der Waals surface area contributed by atoms with Crippen molar-refractivity contribution in [3.63, 3.8) is 0 Å². The first kappa shape index (κ1) is 14.9. The molecule has 21 heavy (non-hydrogen) atoms. The lowest BCUT2D eigenvalue weighted by atomic mass is 10.1. The first-order chi connectivity index (χ1) is 10.1. The maximum Gasteiger partial charge on any atom is 0.269 e. The molecule has 6 heteroatoms. The highest BCUT2D eigenvalue weighted by Crippen LogP contribution is 2.17. The molecule has 0 aliphatic rings. The number of rotatable bonds is 6. The molecule has 2 rings (SSSR count). The molecule has 2 aromatic rings. The van der Waals surface area contributed by atoms with Gasteiger partial charge in [0.2, 0.25) is 0 Å². The van der Waals surface area contributed by atoms with Crippen LogP contribution in [0.25, 0.3) is 0 Å². The number of hydrogen-bond acceptors (Lipinski definition) is 4. The maximum absolute atomic E-state index is 13.2. The Morgan fingerprint density at radius 1 is 1.14 bits per heavy atom. The minimum atomic E-state index is -0.466. The molecule has 0 saturated heterocycles. The third kappa shape index (κ3) is 4.25. The first-order valence-electron chi connectivity index (χ1n) is 6.35. The lowest BCUT2D eigenvalue weighted by Crippen LogP contribution is -2.02. The molecule has 0 atom stereocenters. The van der Waals surface area contributed by atoms with Crippen molar-refractivity contribution >= 4 is 5.69 Å². The average Bonchev–Trinajstić information content (AvgIpc) is 2.47. The highest BCUT2D eigenvalue weighted by Gasteiger charge is 2.05. The summed E-state index contributed by atoms with van der Waals surface area (Å²) in [5.74, 6) is -0.118. The third-order valence-corrected chi connectivity index (χ3v) is 2.92. The Kier molecular flexibility index (Phi) is 4.84. The molecule has 1 N–H and O–H groups in total. The molecule has 0 aromatic heterocycles. The lowest BCUT2D eigenvalue weighted by Gasteiger charge is -2.08. The summed E-state index contributed by atoms with van der Waals surface area (Å²) in [4.78, 5) is 10.1. The predicted molar refractivity (Wildman–Crippen MR) is 74.6 cm³/mol. The van der Waals surface area contributed by atoms with E-state index in [4.69, 9.17) is 9.84 Å². The van der Waals surface area contributed by atoms with E-state index in [1.54, 1.807) is 18.2 Å². The number of aliphatic hydroxyl groups is 1. The van der Waals surface area contributed by atoms with Gasteiger partial charge in [-0.2, -0.15) is 0 Å². The van der Waals surface area contributed by atoms with E-state index in [0.717, 1.165) is 5.56 Å². The van der Waals surface area contributed by atoms with Crippen molar-refractivity contribution in [1.82, 2.24) is 0 Å². The van der Waals surface area contributed by atoms with Crippen molar-refractivity contribution in [1.29, 1.82) is 0 Å². The molecule has 5 nitrogen and oxygen atoms in total. The van der Waals surface area contributed by atoms with Gasteiger partial charge in [-0.25, -0.2) is 4.39 Å². The zero-order chi connectivity index (χ0) is 15.2. The SMILES string of the molecule is O=[N+]([O-])c1ccc(CCOc2cc(F)cc(CO)c2)cc1. The Labute approximate surface area is 120 Å². The molecule has 0 aliphatic heterocycles. The van der Waals surface area contributed by atoms with Crippen LogP contribution in [0.2, 0.25) is 0 Å². The number of ether oxygens (including phenoxy) is 1. The molecular formula is C15H14FNO4. The van der Waals surface area contributed by atoms with E-state index in [1.165, 1.54) is 24.3 Å². The van der Waals surface area contributed by atoms with Gasteiger partial charge in [-0.15, -0.1) is 0 Å². The number of nitro groups is 1. The van der Waals surface area contributed by atoms with Crippen molar-refractivity contribution in [2.45, 2.75) is 13.0 Å². The summed E-state index contributed by atoms with van der Waals surface area (Å²) < 4.78 is 18.7. The number of hydrogen-bond donors (Lipinski definition) is 1. The second-order valence-electron chi connectivity index (χ2n) is 4.48. The Bertz CT molecular complexity index is 628. The Hall–Kier alpha value is -2.47. The predicted octanol–water partition coefficient (Wildman–Crippen LogP) is 2.85. The summed E-state index contributed by atoms with van der Waals surface area (Å²) in [6.07, 6.45) is 0.545. The van der Waals surface area contributed by atoms with Crippen molar-refractivity contribution in [3.05, 3.63) is 69.5 Å². The molecule has 0 aliphatic carbocycles. The van der Waals surface area contributed by atoms with Gasteiger partial charge in [0.15, 0.2) is 0 Å². The van der Waals surface area contributed by atoms with Crippen molar-refractivity contribution in [2.75, 3.05) is 6.61 Å². The number of halogens is 1. The van der Waals surface area contributed by atoms with Gasteiger partial charge in [0.25, 0.3) is 5.69 Å². The smallest absolute Gasteiger partial charge is 0.269 e. The van der Waals surface area contributed by atoms with Crippen LogP contribution in [0.5, 0.6) is 5.75 Å². The Balaban J connectivity index is 1.92. The zero-order valence-electron chi connectivity index (χ0n) is 11.2. The van der Waals surface area contributed by atoms with Crippen molar-refractivity contribution in [3.8, 4) is 5.75 Å². The third-order valence-electron chi connectivity index (χ3n) is 2.92. The summed E-state index contributed by atoms with van der Waals surface area (Å²) in [6.45, 7) is 0.0581. The Morgan fingerprint density at radius 2 is 1.86 bits per heavy atom. The molecule has 0 saturated carbocycles. The second kappa shape index (κ2) is 6.81. The highest BCUT2D eigenvalue weighted by atomic mass is 19.1. The van der Waals surface area contributed by atoms with Crippen LogP contribution < -0.4 is 4.74 Å². The van der Waals surface area contributed by atoms with E-state index >= 15 is 0 Å². The summed E-state index contributed by atoms with van der Waals surface area (Å²) in [6, 6.07) is 10.2. The zero-order valence-corrected chi connectivity index (χ0v) is 11.2. The van der Waals surface area contributed by atoms with E-state index in [1.807, 2.05) is 0 Å². The molecule has 0 spiro atoms. The summed E-state index contributed by atoms with van der Waals surface area (Å²) >= 11 is 0. The molecule has 0 bridgehead atoms. The van der Waals surface area contributed by atoms with Gasteiger partial charge >= 0.3 is 0 Å². The maximum atomic E-state index is 13.2. The van der Waals surface area contributed by atoms with Crippen LogP contribution in [0.15, 0.2) is 42.5 Å².